The number of aryl methyl sites for hydroxylation is 1. The lowest BCUT2D eigenvalue weighted by Gasteiger charge is -2.30. The second-order valence-corrected chi connectivity index (χ2v) is 8.96. The van der Waals surface area contributed by atoms with E-state index in [4.69, 9.17) is 4.98 Å². The van der Waals surface area contributed by atoms with Gasteiger partial charge >= 0.3 is 0 Å². The third-order valence-electron chi connectivity index (χ3n) is 5.20. The van der Waals surface area contributed by atoms with Crippen LogP contribution in [0.1, 0.15) is 11.1 Å². The number of para-hydroxylation sites is 2. The number of rotatable bonds is 4. The molecule has 1 N–H and O–H groups in total. The van der Waals surface area contributed by atoms with Gasteiger partial charge < -0.3 is 4.90 Å². The zero-order chi connectivity index (χ0) is 20.7. The first-order chi connectivity index (χ1) is 14.5. The first kappa shape index (κ1) is 18.6. The molecule has 2 aromatic heterocycles. The molecule has 0 aliphatic carbocycles. The van der Waals surface area contributed by atoms with Gasteiger partial charge in [0.1, 0.15) is 4.90 Å². The highest BCUT2D eigenvalue weighted by molar-refractivity contribution is 7.92. The molecule has 0 saturated carbocycles. The van der Waals surface area contributed by atoms with E-state index in [1.54, 1.807) is 7.05 Å². The van der Waals surface area contributed by atoms with E-state index in [0.29, 0.717) is 17.9 Å². The summed E-state index contributed by atoms with van der Waals surface area (Å²) in [6, 6.07) is 15.7. The summed E-state index contributed by atoms with van der Waals surface area (Å²) in [6.45, 7) is 1.37. The summed E-state index contributed by atoms with van der Waals surface area (Å²) in [5.74, 6) is 0.743. The molecule has 9 heteroatoms. The molecule has 0 unspecified atom stereocenters. The van der Waals surface area contributed by atoms with Crippen LogP contribution in [0.25, 0.3) is 11.0 Å². The Morgan fingerprint density at radius 1 is 0.967 bits per heavy atom. The van der Waals surface area contributed by atoms with Gasteiger partial charge in [-0.2, -0.15) is 5.10 Å². The zero-order valence-corrected chi connectivity index (χ0v) is 17.2. The Morgan fingerprint density at radius 2 is 1.67 bits per heavy atom. The molecule has 4 aromatic rings. The van der Waals surface area contributed by atoms with Gasteiger partial charge in [-0.3, -0.25) is 9.40 Å². The maximum absolute atomic E-state index is 12.9. The van der Waals surface area contributed by atoms with Crippen LogP contribution in [-0.4, -0.2) is 34.7 Å². The lowest BCUT2D eigenvalue weighted by molar-refractivity contribution is 0.600. The van der Waals surface area contributed by atoms with E-state index in [0.717, 1.165) is 18.5 Å². The summed E-state index contributed by atoms with van der Waals surface area (Å²) in [6.07, 6.45) is 3.63. The number of nitrogens with one attached hydrogen (secondary N) is 1. The smallest absolute Gasteiger partial charge is 0.266 e. The van der Waals surface area contributed by atoms with Crippen LogP contribution in [0.3, 0.4) is 0 Å². The Labute approximate surface area is 174 Å². The van der Waals surface area contributed by atoms with Crippen molar-refractivity contribution in [3.8, 4) is 0 Å². The third-order valence-corrected chi connectivity index (χ3v) is 6.50. The molecule has 0 radical (unpaired) electrons. The molecule has 0 atom stereocenters. The third kappa shape index (κ3) is 3.37. The van der Waals surface area contributed by atoms with Crippen molar-refractivity contribution < 1.29 is 8.42 Å². The fourth-order valence-corrected chi connectivity index (χ4v) is 4.67. The molecule has 0 fully saturated rings. The highest BCUT2D eigenvalue weighted by Gasteiger charge is 2.25. The van der Waals surface area contributed by atoms with Gasteiger partial charge in [-0.05, 0) is 29.7 Å². The Kier molecular flexibility index (Phi) is 4.39. The summed E-state index contributed by atoms with van der Waals surface area (Å²) < 4.78 is 29.9. The second kappa shape index (κ2) is 7.10. The molecule has 0 saturated heterocycles. The van der Waals surface area contributed by atoms with E-state index in [-0.39, 0.29) is 10.7 Å². The van der Waals surface area contributed by atoms with Gasteiger partial charge in [-0.15, -0.1) is 0 Å². The Balaban J connectivity index is 1.59. The van der Waals surface area contributed by atoms with Gasteiger partial charge in [-0.25, -0.2) is 18.4 Å². The number of nitrogens with zero attached hydrogens (tertiary/aromatic N) is 5. The number of hydrogen-bond donors (Lipinski definition) is 1. The summed E-state index contributed by atoms with van der Waals surface area (Å²) in [7, 11) is -2.17. The minimum atomic E-state index is -3.85. The van der Waals surface area contributed by atoms with Crippen LogP contribution < -0.4 is 9.62 Å². The van der Waals surface area contributed by atoms with E-state index in [1.165, 1.54) is 28.2 Å². The van der Waals surface area contributed by atoms with Crippen molar-refractivity contribution in [1.82, 2.24) is 19.7 Å². The first-order valence-electron chi connectivity index (χ1n) is 9.59. The van der Waals surface area contributed by atoms with Crippen LogP contribution in [0, 0.1) is 0 Å². The fourth-order valence-electron chi connectivity index (χ4n) is 3.68. The average molecular weight is 420 g/mol. The van der Waals surface area contributed by atoms with Gasteiger partial charge in [0.2, 0.25) is 0 Å². The standard InChI is InChI=1S/C21H20N6O2S/c1-26-14-17(12-22-26)30(28,29)25-20-21(24-19-9-5-4-8-18(19)23-20)27-11-10-15-6-2-3-7-16(15)13-27/h2-9,12,14H,10-11,13H2,1H3,(H,23,25). The van der Waals surface area contributed by atoms with Gasteiger partial charge in [0, 0.05) is 26.3 Å². The molecule has 30 heavy (non-hydrogen) atoms. The topological polar surface area (TPSA) is 93.0 Å². The van der Waals surface area contributed by atoms with Crippen molar-refractivity contribution in [3.63, 3.8) is 0 Å². The van der Waals surface area contributed by atoms with Crippen molar-refractivity contribution in [2.75, 3.05) is 16.2 Å². The Hall–Kier alpha value is -3.46. The number of aromatic nitrogens is 4. The number of fused-ring (bicyclic) bond motifs is 2. The molecule has 0 amide bonds. The van der Waals surface area contributed by atoms with E-state index < -0.39 is 10.0 Å². The molecule has 0 spiro atoms. The van der Waals surface area contributed by atoms with Crippen molar-refractivity contribution in [3.05, 3.63) is 72.1 Å². The summed E-state index contributed by atoms with van der Waals surface area (Å²) >= 11 is 0. The predicted octanol–water partition coefficient (Wildman–Crippen LogP) is 2.73. The van der Waals surface area contributed by atoms with E-state index in [9.17, 15) is 8.42 Å². The molecule has 1 aliphatic heterocycles. The highest BCUT2D eigenvalue weighted by atomic mass is 32.2. The average Bonchev–Trinajstić information content (AvgIpc) is 3.20. The Bertz CT molecular complexity index is 1350. The molecule has 152 valence electrons. The lowest BCUT2D eigenvalue weighted by atomic mass is 10.00. The quantitative estimate of drug-likeness (QED) is 0.546. The summed E-state index contributed by atoms with van der Waals surface area (Å²) in [5, 5.41) is 3.96. The largest absolute Gasteiger partial charge is 0.349 e. The maximum atomic E-state index is 12.9. The molecule has 5 rings (SSSR count). The SMILES string of the molecule is Cn1cc(S(=O)(=O)Nc2nc3ccccc3nc2N2CCc3ccccc3C2)cn1. The van der Waals surface area contributed by atoms with Crippen LogP contribution in [0.4, 0.5) is 11.6 Å². The van der Waals surface area contributed by atoms with Crippen LogP contribution in [0.15, 0.2) is 65.8 Å². The normalized spacial score (nSPS) is 14.0. The van der Waals surface area contributed by atoms with Crippen molar-refractivity contribution in [1.29, 1.82) is 0 Å². The van der Waals surface area contributed by atoms with Crippen LogP contribution in [-0.2, 0) is 30.0 Å². The van der Waals surface area contributed by atoms with Crippen LogP contribution in [0.2, 0.25) is 0 Å². The van der Waals surface area contributed by atoms with Gasteiger partial charge in [0.25, 0.3) is 10.0 Å². The van der Waals surface area contributed by atoms with Gasteiger partial charge in [0.05, 0.1) is 17.2 Å². The molecule has 3 heterocycles. The minimum absolute atomic E-state index is 0.0786. The Morgan fingerprint density at radius 3 is 2.40 bits per heavy atom. The summed E-state index contributed by atoms with van der Waals surface area (Å²) in [4.78, 5) is 11.5. The van der Waals surface area contributed by atoms with Gasteiger partial charge in [0.15, 0.2) is 11.6 Å². The van der Waals surface area contributed by atoms with E-state index in [1.807, 2.05) is 36.4 Å². The second-order valence-electron chi connectivity index (χ2n) is 7.28. The lowest BCUT2D eigenvalue weighted by Crippen LogP contribution is -2.32. The minimum Gasteiger partial charge on any atom is -0.349 e. The number of hydrogen-bond acceptors (Lipinski definition) is 6. The number of benzene rings is 2. The maximum Gasteiger partial charge on any atom is 0.266 e. The molecule has 1 aliphatic rings. The van der Waals surface area contributed by atoms with Crippen molar-refractivity contribution in [2.45, 2.75) is 17.9 Å². The first-order valence-corrected chi connectivity index (χ1v) is 11.1. The highest BCUT2D eigenvalue weighted by Crippen LogP contribution is 2.31. The van der Waals surface area contributed by atoms with E-state index >= 15 is 0 Å². The number of anilines is 2. The number of sulfonamides is 1. The van der Waals surface area contributed by atoms with Gasteiger partial charge in [-0.1, -0.05) is 36.4 Å². The molecular formula is C21H20N6O2S. The fraction of sp³-hybridized carbons (Fsp3) is 0.190. The van der Waals surface area contributed by atoms with Crippen molar-refractivity contribution in [2.24, 2.45) is 7.05 Å². The van der Waals surface area contributed by atoms with Crippen LogP contribution in [0.5, 0.6) is 0 Å². The molecule has 2 aromatic carbocycles. The zero-order valence-electron chi connectivity index (χ0n) is 16.4. The van der Waals surface area contributed by atoms with Crippen molar-refractivity contribution >= 4 is 32.7 Å². The molecule has 8 nitrogen and oxygen atoms in total. The predicted molar refractivity (Wildman–Crippen MR) is 115 cm³/mol. The molecule has 0 bridgehead atoms. The summed E-state index contributed by atoms with van der Waals surface area (Å²) in [5.41, 5.74) is 3.86. The van der Waals surface area contributed by atoms with Crippen LogP contribution >= 0.6 is 0 Å². The molecular weight excluding hydrogens is 400 g/mol. The van der Waals surface area contributed by atoms with E-state index in [2.05, 4.69) is 31.8 Å². The monoisotopic (exact) mass is 420 g/mol.